The van der Waals surface area contributed by atoms with Crippen LogP contribution in [0.3, 0.4) is 0 Å². The molecule has 0 radical (unpaired) electrons. The molecular weight excluding hydrogens is 320 g/mol. The number of hydrogen-bond donors (Lipinski definition) is 0. The van der Waals surface area contributed by atoms with Gasteiger partial charge >= 0.3 is 0 Å². The summed E-state index contributed by atoms with van der Waals surface area (Å²) in [7, 11) is 1.71. The van der Waals surface area contributed by atoms with Gasteiger partial charge in [-0.15, -0.1) is 0 Å². The van der Waals surface area contributed by atoms with Crippen LogP contribution < -0.4 is 0 Å². The number of benzene rings is 1. The normalized spacial score (nSPS) is 19.7. The maximum absolute atomic E-state index is 6.31. The van der Waals surface area contributed by atoms with E-state index in [4.69, 9.17) is 21.1 Å². The van der Waals surface area contributed by atoms with Crippen LogP contribution in [0.15, 0.2) is 12.1 Å². The van der Waals surface area contributed by atoms with Crippen molar-refractivity contribution in [2.75, 3.05) is 20.3 Å². The van der Waals surface area contributed by atoms with Crippen LogP contribution in [-0.2, 0) is 9.47 Å². The number of aryl methyl sites for hydroxylation is 1. The molecule has 1 aliphatic carbocycles. The predicted octanol–water partition coefficient (Wildman–Crippen LogP) is 6.70. The van der Waals surface area contributed by atoms with Crippen LogP contribution in [0.2, 0.25) is 5.02 Å². The molecule has 0 saturated heterocycles. The van der Waals surface area contributed by atoms with Gasteiger partial charge in [0.15, 0.2) is 0 Å². The van der Waals surface area contributed by atoms with E-state index in [0.717, 1.165) is 17.9 Å². The van der Waals surface area contributed by atoms with Crippen molar-refractivity contribution in [3.63, 3.8) is 0 Å². The molecule has 140 valence electrons. The molecular formula is C21H37ClO2. The minimum Gasteiger partial charge on any atom is -0.382 e. The summed E-state index contributed by atoms with van der Waals surface area (Å²) in [6.07, 6.45) is 5.06. The molecule has 0 atom stereocenters. The molecule has 1 aliphatic rings. The first-order chi connectivity index (χ1) is 11.6. The first-order valence-corrected chi connectivity index (χ1v) is 9.86. The molecule has 2 rings (SSSR count). The lowest BCUT2D eigenvalue weighted by atomic mass is 9.82. The highest BCUT2D eigenvalue weighted by molar-refractivity contribution is 6.31. The summed E-state index contributed by atoms with van der Waals surface area (Å²) in [5, 5.41) is 0.901. The highest BCUT2D eigenvalue weighted by Gasteiger charge is 2.23. The van der Waals surface area contributed by atoms with E-state index in [9.17, 15) is 0 Å². The second-order valence-corrected chi connectivity index (χ2v) is 6.19. The Balaban J connectivity index is 0.00000123. The molecule has 0 aliphatic heterocycles. The van der Waals surface area contributed by atoms with Crippen molar-refractivity contribution in [1.82, 2.24) is 0 Å². The van der Waals surface area contributed by atoms with E-state index in [1.807, 2.05) is 27.7 Å². The van der Waals surface area contributed by atoms with Crippen LogP contribution in [0, 0.1) is 13.8 Å². The second-order valence-electron chi connectivity index (χ2n) is 5.78. The van der Waals surface area contributed by atoms with Gasteiger partial charge in [-0.3, -0.25) is 0 Å². The average molecular weight is 357 g/mol. The minimum atomic E-state index is 0.406. The van der Waals surface area contributed by atoms with Gasteiger partial charge in [-0.25, -0.2) is 0 Å². The largest absolute Gasteiger partial charge is 0.382 e. The molecule has 1 aromatic carbocycles. The lowest BCUT2D eigenvalue weighted by molar-refractivity contribution is -0.00280. The van der Waals surface area contributed by atoms with E-state index in [1.54, 1.807) is 7.11 Å². The minimum absolute atomic E-state index is 0.406. The predicted molar refractivity (Wildman–Crippen MR) is 106 cm³/mol. The third-order valence-electron chi connectivity index (χ3n) is 4.41. The van der Waals surface area contributed by atoms with Crippen LogP contribution in [0.25, 0.3) is 0 Å². The molecule has 0 bridgehead atoms. The van der Waals surface area contributed by atoms with Crippen LogP contribution >= 0.6 is 11.6 Å². The molecule has 24 heavy (non-hydrogen) atoms. The van der Waals surface area contributed by atoms with E-state index < -0.39 is 0 Å². The van der Waals surface area contributed by atoms with Crippen LogP contribution in [0.1, 0.15) is 76.0 Å². The fourth-order valence-electron chi connectivity index (χ4n) is 2.94. The van der Waals surface area contributed by atoms with Gasteiger partial charge < -0.3 is 9.47 Å². The van der Waals surface area contributed by atoms with Crippen molar-refractivity contribution in [1.29, 1.82) is 0 Å². The monoisotopic (exact) mass is 356 g/mol. The highest BCUT2D eigenvalue weighted by atomic mass is 35.5. The topological polar surface area (TPSA) is 18.5 Å². The standard InChI is InChI=1S/C17H25ClO2.2C2H6/c1-12-10-15(11-17(18)13(12)2)14-4-6-16(7-5-14)20-9-8-19-3;2*1-2/h10-11,14,16H,4-9H2,1-3H3;2*1-2H3. The van der Waals surface area contributed by atoms with Gasteiger partial charge in [0.1, 0.15) is 0 Å². The Morgan fingerprint density at radius 3 is 2.04 bits per heavy atom. The lowest BCUT2D eigenvalue weighted by Gasteiger charge is -2.29. The number of methoxy groups -OCH3 is 1. The summed E-state index contributed by atoms with van der Waals surface area (Å²) in [5.74, 6) is 0.633. The Kier molecular flexibility index (Phi) is 13.4. The van der Waals surface area contributed by atoms with E-state index in [2.05, 4.69) is 26.0 Å². The summed E-state index contributed by atoms with van der Waals surface area (Å²) in [6, 6.07) is 4.46. The SMILES string of the molecule is CC.CC.COCCOC1CCC(c2cc(C)c(C)c(Cl)c2)CC1. The molecule has 0 aromatic heterocycles. The van der Waals surface area contributed by atoms with Gasteiger partial charge in [-0.05, 0) is 68.2 Å². The average Bonchev–Trinajstić information content (AvgIpc) is 2.63. The zero-order chi connectivity index (χ0) is 18.5. The number of halogens is 1. The van der Waals surface area contributed by atoms with Crippen LogP contribution in [0.4, 0.5) is 0 Å². The Morgan fingerprint density at radius 2 is 1.54 bits per heavy atom. The van der Waals surface area contributed by atoms with E-state index in [1.165, 1.54) is 29.5 Å². The Labute approximate surface area is 154 Å². The fraction of sp³-hybridized carbons (Fsp3) is 0.714. The van der Waals surface area contributed by atoms with Crippen molar-refractivity contribution >= 4 is 11.6 Å². The molecule has 1 fully saturated rings. The zero-order valence-corrected chi connectivity index (χ0v) is 17.5. The molecule has 0 heterocycles. The molecule has 1 saturated carbocycles. The van der Waals surface area contributed by atoms with Crippen molar-refractivity contribution in [2.24, 2.45) is 0 Å². The smallest absolute Gasteiger partial charge is 0.0704 e. The zero-order valence-electron chi connectivity index (χ0n) is 16.7. The van der Waals surface area contributed by atoms with E-state index in [-0.39, 0.29) is 0 Å². The summed E-state index contributed by atoms with van der Waals surface area (Å²) in [6.45, 7) is 13.6. The Hall–Kier alpha value is -0.570. The van der Waals surface area contributed by atoms with Gasteiger partial charge in [-0.2, -0.15) is 0 Å². The molecule has 3 heteroatoms. The summed E-state index contributed by atoms with van der Waals surface area (Å²) in [4.78, 5) is 0. The third kappa shape index (κ3) is 7.55. The van der Waals surface area contributed by atoms with E-state index >= 15 is 0 Å². The van der Waals surface area contributed by atoms with E-state index in [0.29, 0.717) is 25.2 Å². The van der Waals surface area contributed by atoms with Gasteiger partial charge in [-0.1, -0.05) is 45.4 Å². The quantitative estimate of drug-likeness (QED) is 0.546. The third-order valence-corrected chi connectivity index (χ3v) is 4.81. The van der Waals surface area contributed by atoms with Gasteiger partial charge in [0.05, 0.1) is 19.3 Å². The van der Waals surface area contributed by atoms with Crippen LogP contribution in [0.5, 0.6) is 0 Å². The second kappa shape index (κ2) is 13.7. The molecule has 0 spiro atoms. The molecule has 1 aromatic rings. The van der Waals surface area contributed by atoms with Crippen LogP contribution in [-0.4, -0.2) is 26.4 Å². The first-order valence-electron chi connectivity index (χ1n) is 9.49. The lowest BCUT2D eigenvalue weighted by Crippen LogP contribution is -2.22. The summed E-state index contributed by atoms with van der Waals surface area (Å²) in [5.41, 5.74) is 3.89. The number of rotatable bonds is 5. The summed E-state index contributed by atoms with van der Waals surface area (Å²) < 4.78 is 10.8. The first kappa shape index (κ1) is 23.4. The van der Waals surface area contributed by atoms with Gasteiger partial charge in [0, 0.05) is 12.1 Å². The van der Waals surface area contributed by atoms with Crippen molar-refractivity contribution in [3.8, 4) is 0 Å². The van der Waals surface area contributed by atoms with Gasteiger partial charge in [0.2, 0.25) is 0 Å². The van der Waals surface area contributed by atoms with Crippen molar-refractivity contribution < 1.29 is 9.47 Å². The Morgan fingerprint density at radius 1 is 0.958 bits per heavy atom. The summed E-state index contributed by atoms with van der Waals surface area (Å²) >= 11 is 6.31. The Bertz CT molecular complexity index is 414. The number of ether oxygens (including phenoxy) is 2. The van der Waals surface area contributed by atoms with Crippen molar-refractivity contribution in [2.45, 2.75) is 79.2 Å². The highest BCUT2D eigenvalue weighted by Crippen LogP contribution is 2.36. The molecule has 0 N–H and O–H groups in total. The fourth-order valence-corrected chi connectivity index (χ4v) is 3.21. The number of hydrogen-bond acceptors (Lipinski definition) is 2. The maximum Gasteiger partial charge on any atom is 0.0704 e. The molecule has 0 unspecified atom stereocenters. The molecule has 0 amide bonds. The van der Waals surface area contributed by atoms with Crippen molar-refractivity contribution in [3.05, 3.63) is 33.8 Å². The molecule has 2 nitrogen and oxygen atoms in total. The maximum atomic E-state index is 6.31. The van der Waals surface area contributed by atoms with Gasteiger partial charge in [0.25, 0.3) is 0 Å².